The lowest BCUT2D eigenvalue weighted by molar-refractivity contribution is 0.396. The lowest BCUT2D eigenvalue weighted by Crippen LogP contribution is -2.17. The van der Waals surface area contributed by atoms with Gasteiger partial charge in [0.05, 0.1) is 17.3 Å². The van der Waals surface area contributed by atoms with Gasteiger partial charge >= 0.3 is 0 Å². The molecule has 0 amide bonds. The molecule has 9 heteroatoms. The van der Waals surface area contributed by atoms with Crippen LogP contribution in [-0.2, 0) is 15.8 Å². The van der Waals surface area contributed by atoms with Crippen LogP contribution in [0.25, 0.3) is 0 Å². The van der Waals surface area contributed by atoms with Gasteiger partial charge in [-0.15, -0.1) is 0 Å². The number of anilines is 1. The van der Waals surface area contributed by atoms with Crippen molar-refractivity contribution < 1.29 is 21.9 Å². The van der Waals surface area contributed by atoms with Crippen LogP contribution in [0.1, 0.15) is 5.56 Å². The second-order valence-corrected chi connectivity index (χ2v) is 6.84. The van der Waals surface area contributed by atoms with Gasteiger partial charge in [-0.05, 0) is 34.1 Å². The maximum Gasteiger partial charge on any atom is 0.238 e. The Hall–Kier alpha value is -1.74. The highest BCUT2D eigenvalue weighted by molar-refractivity contribution is 9.10. The first-order valence-corrected chi connectivity index (χ1v) is 8.41. The lowest BCUT2D eigenvalue weighted by atomic mass is 10.2. The highest BCUT2D eigenvalue weighted by Gasteiger charge is 2.18. The third kappa shape index (κ3) is 3.92. The first-order valence-electron chi connectivity index (χ1n) is 5.96. The van der Waals surface area contributed by atoms with Crippen LogP contribution >= 0.6 is 15.9 Å². The van der Waals surface area contributed by atoms with Crippen molar-refractivity contribution in [1.29, 1.82) is 0 Å². The number of sulfonamides is 1. The molecule has 1 N–H and O–H groups in total. The Morgan fingerprint density at radius 1 is 1.27 bits per heavy atom. The minimum absolute atomic E-state index is 0.0110. The third-order valence-corrected chi connectivity index (χ3v) is 4.46. The van der Waals surface area contributed by atoms with Gasteiger partial charge in [0.1, 0.15) is 5.82 Å². The van der Waals surface area contributed by atoms with Gasteiger partial charge in [-0.3, -0.25) is 4.72 Å². The zero-order valence-corrected chi connectivity index (χ0v) is 13.7. The molecule has 0 atom stereocenters. The topological polar surface area (TPSA) is 68.3 Å². The number of rotatable bonds is 5. The predicted molar refractivity (Wildman–Crippen MR) is 81.1 cm³/mol. The van der Waals surface area contributed by atoms with E-state index in [1.807, 2.05) is 0 Å². The maximum absolute atomic E-state index is 13.5. The van der Waals surface area contributed by atoms with Gasteiger partial charge in [-0.1, -0.05) is 12.1 Å². The molecule has 1 heterocycles. The summed E-state index contributed by atoms with van der Waals surface area (Å²) in [5.74, 6) is -2.80. The molecule has 22 heavy (non-hydrogen) atoms. The monoisotopic (exact) mass is 392 g/mol. The smallest absolute Gasteiger partial charge is 0.238 e. The Labute approximate surface area is 134 Å². The zero-order chi connectivity index (χ0) is 16.3. The van der Waals surface area contributed by atoms with Gasteiger partial charge < -0.3 is 4.74 Å². The molecule has 0 unspecified atom stereocenters. The lowest BCUT2D eigenvalue weighted by Gasteiger charge is -2.10. The van der Waals surface area contributed by atoms with Crippen LogP contribution in [0.2, 0.25) is 0 Å². The van der Waals surface area contributed by atoms with Gasteiger partial charge in [0.25, 0.3) is 0 Å². The number of halogens is 3. The average molecular weight is 393 g/mol. The fourth-order valence-corrected chi connectivity index (χ4v) is 3.20. The van der Waals surface area contributed by atoms with Crippen molar-refractivity contribution in [2.45, 2.75) is 5.75 Å². The molecule has 0 bridgehead atoms. The number of pyridine rings is 1. The SMILES string of the molecule is COc1nc(NS(=O)(=O)Cc2cccc(F)c2F)ccc1Br. The summed E-state index contributed by atoms with van der Waals surface area (Å²) in [6.45, 7) is 0. The van der Waals surface area contributed by atoms with Crippen LogP contribution in [0, 0.1) is 11.6 Å². The van der Waals surface area contributed by atoms with Gasteiger partial charge in [0.2, 0.25) is 15.9 Å². The summed E-state index contributed by atoms with van der Waals surface area (Å²) in [6, 6.07) is 6.32. The van der Waals surface area contributed by atoms with Gasteiger partial charge in [0, 0.05) is 5.56 Å². The molecule has 0 aliphatic heterocycles. The van der Waals surface area contributed by atoms with Crippen LogP contribution in [-0.4, -0.2) is 20.5 Å². The summed E-state index contributed by atoms with van der Waals surface area (Å²) >= 11 is 3.19. The van der Waals surface area contributed by atoms with E-state index in [2.05, 4.69) is 25.6 Å². The van der Waals surface area contributed by atoms with Crippen molar-refractivity contribution in [2.24, 2.45) is 0 Å². The van der Waals surface area contributed by atoms with E-state index in [1.54, 1.807) is 6.07 Å². The maximum atomic E-state index is 13.5. The Balaban J connectivity index is 2.23. The molecular weight excluding hydrogens is 382 g/mol. The zero-order valence-electron chi connectivity index (χ0n) is 11.3. The molecule has 2 rings (SSSR count). The number of hydrogen-bond donors (Lipinski definition) is 1. The van der Waals surface area contributed by atoms with E-state index < -0.39 is 27.4 Å². The molecule has 1 aromatic carbocycles. The standard InChI is InChI=1S/C13H11BrF2N2O3S/c1-21-13-9(14)5-6-11(17-13)18-22(19,20)7-8-3-2-4-10(15)12(8)16/h2-6H,7H2,1H3,(H,17,18). The van der Waals surface area contributed by atoms with E-state index >= 15 is 0 Å². The highest BCUT2D eigenvalue weighted by Crippen LogP contribution is 2.24. The molecule has 118 valence electrons. The van der Waals surface area contributed by atoms with Crippen LogP contribution in [0.15, 0.2) is 34.8 Å². The number of nitrogens with zero attached hydrogens (tertiary/aromatic N) is 1. The first-order chi connectivity index (χ1) is 10.3. The molecule has 0 saturated carbocycles. The summed E-state index contributed by atoms with van der Waals surface area (Å²) in [5, 5.41) is 0. The minimum Gasteiger partial charge on any atom is -0.480 e. The van der Waals surface area contributed by atoms with Gasteiger partial charge in [-0.2, -0.15) is 4.98 Å². The average Bonchev–Trinajstić information content (AvgIpc) is 2.45. The molecule has 2 aromatic rings. The molecule has 0 aliphatic rings. The predicted octanol–water partition coefficient (Wildman–Crippen LogP) is 3.07. The van der Waals surface area contributed by atoms with Gasteiger partial charge in [0.15, 0.2) is 11.6 Å². The van der Waals surface area contributed by atoms with Crippen LogP contribution in [0.3, 0.4) is 0 Å². The molecule has 0 saturated heterocycles. The second kappa shape index (κ2) is 6.57. The molecule has 1 aromatic heterocycles. The number of methoxy groups -OCH3 is 1. The summed E-state index contributed by atoms with van der Waals surface area (Å²) < 4.78 is 58.4. The van der Waals surface area contributed by atoms with Crippen LogP contribution < -0.4 is 9.46 Å². The fourth-order valence-electron chi connectivity index (χ4n) is 1.68. The third-order valence-electron chi connectivity index (χ3n) is 2.64. The number of nitrogens with one attached hydrogen (secondary N) is 1. The van der Waals surface area contributed by atoms with Crippen LogP contribution in [0.4, 0.5) is 14.6 Å². The molecule has 0 aliphatic carbocycles. The van der Waals surface area contributed by atoms with Crippen molar-refractivity contribution >= 4 is 31.8 Å². The molecular formula is C13H11BrF2N2O3S. The summed E-state index contributed by atoms with van der Waals surface area (Å²) in [6.07, 6.45) is 0. The Kier molecular flexibility index (Phi) is 4.97. The summed E-state index contributed by atoms with van der Waals surface area (Å²) in [7, 11) is -2.57. The van der Waals surface area contributed by atoms with E-state index in [9.17, 15) is 17.2 Å². The van der Waals surface area contributed by atoms with Gasteiger partial charge in [-0.25, -0.2) is 17.2 Å². The summed E-state index contributed by atoms with van der Waals surface area (Å²) in [5.41, 5.74) is -0.267. The molecule has 0 radical (unpaired) electrons. The second-order valence-electron chi connectivity index (χ2n) is 4.26. The number of benzene rings is 1. The van der Waals surface area contributed by atoms with Crippen LogP contribution in [0.5, 0.6) is 5.88 Å². The van der Waals surface area contributed by atoms with E-state index in [4.69, 9.17) is 4.74 Å². The van der Waals surface area contributed by atoms with Crippen molar-refractivity contribution in [1.82, 2.24) is 4.98 Å². The fraction of sp³-hybridized carbons (Fsp3) is 0.154. The highest BCUT2D eigenvalue weighted by atomic mass is 79.9. The van der Waals surface area contributed by atoms with E-state index in [1.165, 1.54) is 25.3 Å². The number of ether oxygens (including phenoxy) is 1. The van der Waals surface area contributed by atoms with E-state index in [0.717, 1.165) is 6.07 Å². The normalized spacial score (nSPS) is 11.3. The van der Waals surface area contributed by atoms with Crippen molar-refractivity contribution in [2.75, 3.05) is 11.8 Å². The van der Waals surface area contributed by atoms with Crippen molar-refractivity contribution in [3.63, 3.8) is 0 Å². The Morgan fingerprint density at radius 3 is 2.68 bits per heavy atom. The number of hydrogen-bond acceptors (Lipinski definition) is 4. The first kappa shape index (κ1) is 16.6. The molecule has 0 spiro atoms. The summed E-state index contributed by atoms with van der Waals surface area (Å²) in [4.78, 5) is 3.93. The molecule has 0 fully saturated rings. The molecule has 5 nitrogen and oxygen atoms in total. The Bertz CT molecular complexity index is 800. The van der Waals surface area contributed by atoms with E-state index in [0.29, 0.717) is 4.47 Å². The number of aromatic nitrogens is 1. The van der Waals surface area contributed by atoms with E-state index in [-0.39, 0.29) is 17.3 Å². The quantitative estimate of drug-likeness (QED) is 0.848. The Morgan fingerprint density at radius 2 is 2.00 bits per heavy atom. The van der Waals surface area contributed by atoms with Crippen molar-refractivity contribution in [3.8, 4) is 5.88 Å². The minimum atomic E-state index is -3.95. The van der Waals surface area contributed by atoms with Crippen molar-refractivity contribution in [3.05, 3.63) is 52.0 Å². The largest absolute Gasteiger partial charge is 0.480 e.